The van der Waals surface area contributed by atoms with Gasteiger partial charge < -0.3 is 20.8 Å². The van der Waals surface area contributed by atoms with E-state index >= 15 is 0 Å². The minimum Gasteiger partial charge on any atom is -0.480 e. The predicted molar refractivity (Wildman–Crippen MR) is 73.5 cm³/mol. The fourth-order valence-corrected chi connectivity index (χ4v) is 1.74. The molecule has 0 spiro atoms. The molecular weight excluding hydrogens is 280 g/mol. The Morgan fingerprint density at radius 3 is 2.14 bits per heavy atom. The minimum atomic E-state index is -0.973. The Labute approximate surface area is 122 Å². The summed E-state index contributed by atoms with van der Waals surface area (Å²) in [5, 5.41) is 21.7. The lowest BCUT2D eigenvalue weighted by molar-refractivity contribution is -0.142. The molecule has 0 saturated carbocycles. The van der Waals surface area contributed by atoms with Crippen molar-refractivity contribution < 1.29 is 29.4 Å². The zero-order valence-electron chi connectivity index (χ0n) is 12.4. The van der Waals surface area contributed by atoms with E-state index in [0.717, 1.165) is 0 Å². The van der Waals surface area contributed by atoms with Gasteiger partial charge in [0.15, 0.2) is 0 Å². The van der Waals surface area contributed by atoms with Crippen molar-refractivity contribution in [2.45, 2.75) is 52.1 Å². The van der Waals surface area contributed by atoms with Gasteiger partial charge in [0.2, 0.25) is 11.8 Å². The quantitative estimate of drug-likeness (QED) is 0.563. The summed E-state index contributed by atoms with van der Waals surface area (Å²) < 4.78 is 0. The molecule has 1 heterocycles. The van der Waals surface area contributed by atoms with Crippen molar-refractivity contribution >= 4 is 23.8 Å². The molecule has 0 aliphatic carbocycles. The zero-order chi connectivity index (χ0) is 16.6. The van der Waals surface area contributed by atoms with E-state index in [-0.39, 0.29) is 17.7 Å². The van der Waals surface area contributed by atoms with E-state index in [2.05, 4.69) is 10.6 Å². The van der Waals surface area contributed by atoms with Crippen LogP contribution in [0.15, 0.2) is 0 Å². The normalized spacial score (nSPS) is 18.3. The second kappa shape index (κ2) is 8.93. The van der Waals surface area contributed by atoms with Gasteiger partial charge >= 0.3 is 11.9 Å². The zero-order valence-corrected chi connectivity index (χ0v) is 12.4. The standard InChI is InChI=1S/C8H15NO3.C5H7NO3/c1-5(2)4-7(8(11)12)9-6(3)10;7-4-2-1-3(6-4)5(8)9/h5,7H,4H2,1-3H3,(H,9,10)(H,11,12);3H,1-2H2,(H,6,7)(H,8,9)/t7-;/m0./s1. The van der Waals surface area contributed by atoms with Crippen LogP contribution in [-0.4, -0.2) is 46.0 Å². The van der Waals surface area contributed by atoms with Crippen molar-refractivity contribution in [2.75, 3.05) is 0 Å². The van der Waals surface area contributed by atoms with Gasteiger partial charge in [-0.25, -0.2) is 9.59 Å². The third kappa shape index (κ3) is 8.61. The molecule has 2 amide bonds. The number of aliphatic carboxylic acids is 2. The molecule has 1 saturated heterocycles. The largest absolute Gasteiger partial charge is 0.480 e. The molecule has 1 rings (SSSR count). The van der Waals surface area contributed by atoms with Crippen molar-refractivity contribution in [1.82, 2.24) is 10.6 Å². The second-order valence-corrected chi connectivity index (χ2v) is 5.22. The molecule has 2 atom stereocenters. The van der Waals surface area contributed by atoms with E-state index in [1.54, 1.807) is 0 Å². The second-order valence-electron chi connectivity index (χ2n) is 5.22. The molecule has 1 fully saturated rings. The van der Waals surface area contributed by atoms with Crippen molar-refractivity contribution in [3.63, 3.8) is 0 Å². The summed E-state index contributed by atoms with van der Waals surface area (Å²) in [7, 11) is 0. The first-order chi connectivity index (χ1) is 9.63. The smallest absolute Gasteiger partial charge is 0.326 e. The monoisotopic (exact) mass is 302 g/mol. The summed E-state index contributed by atoms with van der Waals surface area (Å²) in [6, 6.07) is -1.39. The number of nitrogens with one attached hydrogen (secondary N) is 2. The van der Waals surface area contributed by atoms with Crippen molar-refractivity contribution in [1.29, 1.82) is 0 Å². The highest BCUT2D eigenvalue weighted by Gasteiger charge is 2.26. The number of hydrogen-bond acceptors (Lipinski definition) is 4. The van der Waals surface area contributed by atoms with Crippen molar-refractivity contribution in [2.24, 2.45) is 5.92 Å². The predicted octanol–water partition coefficient (Wildman–Crippen LogP) is -0.0286. The molecular formula is C13H22N2O6. The van der Waals surface area contributed by atoms with E-state index in [4.69, 9.17) is 10.2 Å². The first-order valence-corrected chi connectivity index (χ1v) is 6.65. The van der Waals surface area contributed by atoms with Crippen LogP contribution in [0.1, 0.15) is 40.0 Å². The van der Waals surface area contributed by atoms with Crippen LogP contribution in [-0.2, 0) is 19.2 Å². The number of carboxylic acids is 2. The molecule has 21 heavy (non-hydrogen) atoms. The van der Waals surface area contributed by atoms with Gasteiger partial charge in [-0.15, -0.1) is 0 Å². The van der Waals surface area contributed by atoms with E-state index < -0.39 is 24.0 Å². The summed E-state index contributed by atoms with van der Waals surface area (Å²) in [5.41, 5.74) is 0. The van der Waals surface area contributed by atoms with Crippen LogP contribution in [0.5, 0.6) is 0 Å². The number of carbonyl (C=O) groups is 4. The summed E-state index contributed by atoms with van der Waals surface area (Å²) in [5.74, 6) is -2.12. The van der Waals surface area contributed by atoms with Gasteiger partial charge in [-0.3, -0.25) is 9.59 Å². The first kappa shape index (κ1) is 18.9. The van der Waals surface area contributed by atoms with Gasteiger partial charge in [0.05, 0.1) is 0 Å². The van der Waals surface area contributed by atoms with Gasteiger partial charge in [-0.1, -0.05) is 13.8 Å². The maximum absolute atomic E-state index is 10.6. The number of amides is 2. The molecule has 4 N–H and O–H groups in total. The van der Waals surface area contributed by atoms with Crippen LogP contribution in [0, 0.1) is 5.92 Å². The highest BCUT2D eigenvalue weighted by atomic mass is 16.4. The van der Waals surface area contributed by atoms with Crippen LogP contribution in [0.2, 0.25) is 0 Å². The number of rotatable bonds is 5. The van der Waals surface area contributed by atoms with Gasteiger partial charge in [-0.2, -0.15) is 0 Å². The fourth-order valence-electron chi connectivity index (χ4n) is 1.74. The molecule has 0 aromatic rings. The van der Waals surface area contributed by atoms with Crippen LogP contribution in [0.4, 0.5) is 0 Å². The Hall–Kier alpha value is -2.12. The molecule has 8 heteroatoms. The van der Waals surface area contributed by atoms with Crippen LogP contribution in [0.3, 0.4) is 0 Å². The number of hydrogen-bond donors (Lipinski definition) is 4. The van der Waals surface area contributed by atoms with E-state index in [1.807, 2.05) is 13.8 Å². The maximum atomic E-state index is 10.6. The number of carbonyl (C=O) groups excluding carboxylic acids is 2. The molecule has 1 aliphatic heterocycles. The van der Waals surface area contributed by atoms with Gasteiger partial charge in [-0.05, 0) is 18.8 Å². The van der Waals surface area contributed by atoms with Crippen LogP contribution in [0.25, 0.3) is 0 Å². The molecule has 8 nitrogen and oxygen atoms in total. The Morgan fingerprint density at radius 2 is 1.90 bits per heavy atom. The average molecular weight is 302 g/mol. The summed E-state index contributed by atoms with van der Waals surface area (Å²) >= 11 is 0. The maximum Gasteiger partial charge on any atom is 0.326 e. The topological polar surface area (TPSA) is 133 Å². The van der Waals surface area contributed by atoms with E-state index in [9.17, 15) is 19.2 Å². The highest BCUT2D eigenvalue weighted by molar-refractivity contribution is 5.87. The van der Waals surface area contributed by atoms with E-state index in [1.165, 1.54) is 6.92 Å². The number of carboxylic acid groups (broad SMARTS) is 2. The third-order valence-electron chi connectivity index (χ3n) is 2.68. The van der Waals surface area contributed by atoms with Gasteiger partial charge in [0, 0.05) is 13.3 Å². The minimum absolute atomic E-state index is 0.164. The Bertz CT molecular complexity index is 407. The van der Waals surface area contributed by atoms with Crippen molar-refractivity contribution in [3.05, 3.63) is 0 Å². The molecule has 0 aromatic carbocycles. The lowest BCUT2D eigenvalue weighted by Gasteiger charge is -2.14. The van der Waals surface area contributed by atoms with Gasteiger partial charge in [0.25, 0.3) is 0 Å². The van der Waals surface area contributed by atoms with Crippen LogP contribution < -0.4 is 10.6 Å². The molecule has 1 unspecified atom stereocenters. The molecule has 0 bridgehead atoms. The Morgan fingerprint density at radius 1 is 1.33 bits per heavy atom. The summed E-state index contributed by atoms with van der Waals surface area (Å²) in [4.78, 5) is 41.6. The molecule has 0 aromatic heterocycles. The van der Waals surface area contributed by atoms with E-state index in [0.29, 0.717) is 19.3 Å². The molecule has 0 radical (unpaired) electrons. The first-order valence-electron chi connectivity index (χ1n) is 6.65. The van der Waals surface area contributed by atoms with Crippen molar-refractivity contribution in [3.8, 4) is 0 Å². The lowest BCUT2D eigenvalue weighted by Crippen LogP contribution is -2.40. The van der Waals surface area contributed by atoms with Crippen LogP contribution >= 0.6 is 0 Å². The van der Waals surface area contributed by atoms with Gasteiger partial charge in [0.1, 0.15) is 12.1 Å². The lowest BCUT2D eigenvalue weighted by atomic mass is 10.0. The molecule has 120 valence electrons. The molecule has 1 aliphatic rings. The Kier molecular flexibility index (Phi) is 8.03. The fraction of sp³-hybridized carbons (Fsp3) is 0.692. The summed E-state index contributed by atoms with van der Waals surface area (Å²) in [6.45, 7) is 5.14. The third-order valence-corrected chi connectivity index (χ3v) is 2.68. The average Bonchev–Trinajstić information content (AvgIpc) is 2.74. The highest BCUT2D eigenvalue weighted by Crippen LogP contribution is 2.05. The Balaban J connectivity index is 0.000000394. The summed E-state index contributed by atoms with van der Waals surface area (Å²) in [6.07, 6.45) is 1.24. The SMILES string of the molecule is CC(=O)N[C@@H](CC(C)C)C(=O)O.O=C1CCC(C(=O)O)N1.